The second-order valence-electron chi connectivity index (χ2n) is 9.13. The molecule has 1 amide bonds. The number of nitrogens with zero attached hydrogens (tertiary/aromatic N) is 3. The lowest BCUT2D eigenvalue weighted by atomic mass is 9.96. The van der Waals surface area contributed by atoms with Gasteiger partial charge in [-0.15, -0.1) is 0 Å². The van der Waals surface area contributed by atoms with Gasteiger partial charge in [-0.2, -0.15) is 0 Å². The molecule has 0 spiro atoms. The number of para-hydroxylation sites is 1. The lowest BCUT2D eigenvalue weighted by Crippen LogP contribution is -2.32. The molecule has 1 aliphatic heterocycles. The van der Waals surface area contributed by atoms with Crippen LogP contribution in [0.1, 0.15) is 41.1 Å². The molecule has 2 aromatic heterocycles. The zero-order chi connectivity index (χ0) is 25.9. The van der Waals surface area contributed by atoms with E-state index in [1.807, 2.05) is 60.7 Å². The Morgan fingerprint density at radius 3 is 2.57 bits per heavy atom. The minimum absolute atomic E-state index is 0.0476. The van der Waals surface area contributed by atoms with Crippen molar-refractivity contribution >= 4 is 44.9 Å². The first-order valence-electron chi connectivity index (χ1n) is 12.2. The van der Waals surface area contributed by atoms with Crippen LogP contribution in [0, 0.1) is 13.8 Å². The van der Waals surface area contributed by atoms with Crippen molar-refractivity contribution in [1.29, 1.82) is 0 Å². The average Bonchev–Trinajstić information content (AvgIpc) is 3.38. The lowest BCUT2D eigenvalue weighted by molar-refractivity contribution is -0.116. The molecule has 1 saturated heterocycles. The van der Waals surface area contributed by atoms with Crippen LogP contribution in [0.25, 0.3) is 5.69 Å². The molecule has 1 aliphatic rings. The van der Waals surface area contributed by atoms with E-state index in [2.05, 4.69) is 73.1 Å². The number of aromatic nitrogens is 2. The van der Waals surface area contributed by atoms with Crippen molar-refractivity contribution in [2.75, 3.05) is 11.9 Å². The van der Waals surface area contributed by atoms with E-state index in [1.165, 1.54) is 0 Å². The van der Waals surface area contributed by atoms with Gasteiger partial charge in [0.1, 0.15) is 0 Å². The summed E-state index contributed by atoms with van der Waals surface area (Å²) in [7, 11) is 0. The Kier molecular flexibility index (Phi) is 7.39. The third-order valence-electron chi connectivity index (χ3n) is 6.69. The molecule has 0 bridgehead atoms. The number of anilines is 1. The predicted molar refractivity (Wildman–Crippen MR) is 155 cm³/mol. The van der Waals surface area contributed by atoms with Crippen LogP contribution in [-0.2, 0) is 4.79 Å². The summed E-state index contributed by atoms with van der Waals surface area (Å²) < 4.78 is 3.29. The summed E-state index contributed by atoms with van der Waals surface area (Å²) in [5.74, 6) is -0.0476. The maximum absolute atomic E-state index is 12.8. The van der Waals surface area contributed by atoms with Crippen LogP contribution in [0.3, 0.4) is 0 Å². The smallest absolute Gasteiger partial charge is 0.226 e. The van der Waals surface area contributed by atoms with E-state index < -0.39 is 0 Å². The van der Waals surface area contributed by atoms with Crippen LogP contribution >= 0.6 is 28.1 Å². The van der Waals surface area contributed by atoms with Gasteiger partial charge in [0.05, 0.1) is 17.8 Å². The van der Waals surface area contributed by atoms with E-state index in [0.717, 1.165) is 38.5 Å². The fourth-order valence-electron chi connectivity index (χ4n) is 5.05. The van der Waals surface area contributed by atoms with Gasteiger partial charge < -0.3 is 20.1 Å². The van der Waals surface area contributed by atoms with Crippen LogP contribution < -0.4 is 10.6 Å². The zero-order valence-electron chi connectivity index (χ0n) is 20.7. The SMILES string of the molecule is Cc1cc([C@@H]2[C@@H](c3ccccn3)NC(=S)N2CCC(=O)Nc2ccccc2)c(C)n1-c1cccc(Br)c1. The molecule has 6 nitrogen and oxygen atoms in total. The molecular weight excluding hydrogens is 546 g/mol. The van der Waals surface area contributed by atoms with Crippen LogP contribution in [0.2, 0.25) is 0 Å². The van der Waals surface area contributed by atoms with E-state index in [4.69, 9.17) is 12.2 Å². The van der Waals surface area contributed by atoms with Crippen LogP contribution in [0.4, 0.5) is 5.69 Å². The Morgan fingerprint density at radius 1 is 1.05 bits per heavy atom. The fraction of sp³-hybridized carbons (Fsp3) is 0.207. The van der Waals surface area contributed by atoms with Crippen LogP contribution in [0.5, 0.6) is 0 Å². The molecule has 37 heavy (non-hydrogen) atoms. The predicted octanol–water partition coefficient (Wildman–Crippen LogP) is 6.25. The maximum atomic E-state index is 12.8. The third kappa shape index (κ3) is 5.31. The van der Waals surface area contributed by atoms with Crippen molar-refractivity contribution in [3.8, 4) is 5.69 Å². The summed E-state index contributed by atoms with van der Waals surface area (Å²) in [5, 5.41) is 7.10. The first-order valence-corrected chi connectivity index (χ1v) is 13.4. The van der Waals surface area contributed by atoms with Gasteiger partial charge in [0.2, 0.25) is 5.91 Å². The quantitative estimate of drug-likeness (QED) is 0.256. The molecule has 0 radical (unpaired) electrons. The number of rotatable bonds is 7. The molecular formula is C29H28BrN5OS. The third-order valence-corrected chi connectivity index (χ3v) is 7.54. The van der Waals surface area contributed by atoms with E-state index >= 15 is 0 Å². The Bertz CT molecular complexity index is 1420. The van der Waals surface area contributed by atoms with Crippen molar-refractivity contribution in [3.63, 3.8) is 0 Å². The zero-order valence-corrected chi connectivity index (χ0v) is 23.1. The van der Waals surface area contributed by atoms with Gasteiger partial charge in [0.15, 0.2) is 5.11 Å². The van der Waals surface area contributed by atoms with E-state index in [9.17, 15) is 4.79 Å². The average molecular weight is 575 g/mol. The summed E-state index contributed by atoms with van der Waals surface area (Å²) in [5.41, 5.74) is 6.21. The number of pyridine rings is 1. The highest BCUT2D eigenvalue weighted by atomic mass is 79.9. The van der Waals surface area contributed by atoms with Crippen molar-refractivity contribution < 1.29 is 4.79 Å². The molecule has 3 heterocycles. The number of hydrogen-bond acceptors (Lipinski definition) is 3. The molecule has 0 aliphatic carbocycles. The largest absolute Gasteiger partial charge is 0.352 e. The standard InChI is InChI=1S/C29H28BrN5OS/c1-19-17-24(20(2)35(19)23-12-8-9-21(30)18-23)28-27(25-13-6-7-15-31-25)33-29(37)34(28)16-14-26(36)32-22-10-4-3-5-11-22/h3-13,15,17-18,27-28H,14,16H2,1-2H3,(H,32,36)(H,33,37)/t27-,28-/m1/s1. The minimum Gasteiger partial charge on any atom is -0.352 e. The molecule has 2 atom stereocenters. The first kappa shape index (κ1) is 25.2. The molecule has 8 heteroatoms. The highest BCUT2D eigenvalue weighted by molar-refractivity contribution is 9.10. The van der Waals surface area contributed by atoms with E-state index in [-0.39, 0.29) is 18.0 Å². The number of amides is 1. The van der Waals surface area contributed by atoms with Crippen LogP contribution in [0.15, 0.2) is 89.5 Å². The Labute approximate surface area is 230 Å². The second kappa shape index (κ2) is 10.9. The van der Waals surface area contributed by atoms with E-state index in [0.29, 0.717) is 18.1 Å². The summed E-state index contributed by atoms with van der Waals surface area (Å²) in [6, 6.07) is 25.7. The van der Waals surface area contributed by atoms with Crippen molar-refractivity contribution in [2.24, 2.45) is 0 Å². The van der Waals surface area contributed by atoms with Gasteiger partial charge in [-0.1, -0.05) is 46.3 Å². The van der Waals surface area contributed by atoms with Crippen molar-refractivity contribution in [2.45, 2.75) is 32.4 Å². The number of aryl methyl sites for hydroxylation is 1. The maximum Gasteiger partial charge on any atom is 0.226 e. The molecule has 2 N–H and O–H groups in total. The molecule has 0 saturated carbocycles. The van der Waals surface area contributed by atoms with Gasteiger partial charge in [-0.3, -0.25) is 9.78 Å². The Hall–Kier alpha value is -3.49. The summed E-state index contributed by atoms with van der Waals surface area (Å²) in [6.07, 6.45) is 2.12. The van der Waals surface area contributed by atoms with Gasteiger partial charge in [-0.25, -0.2) is 0 Å². The minimum atomic E-state index is -0.137. The lowest BCUT2D eigenvalue weighted by Gasteiger charge is -2.28. The molecule has 188 valence electrons. The summed E-state index contributed by atoms with van der Waals surface area (Å²) >= 11 is 9.41. The number of thiocarbonyl (C=S) groups is 1. The van der Waals surface area contributed by atoms with Gasteiger partial charge in [-0.05, 0) is 80.2 Å². The number of hydrogen-bond donors (Lipinski definition) is 2. The summed E-state index contributed by atoms with van der Waals surface area (Å²) in [6.45, 7) is 4.74. The highest BCUT2D eigenvalue weighted by Gasteiger charge is 2.41. The van der Waals surface area contributed by atoms with Gasteiger partial charge >= 0.3 is 0 Å². The number of carbonyl (C=O) groups excluding carboxylic acids is 1. The topological polar surface area (TPSA) is 62.2 Å². The Morgan fingerprint density at radius 2 is 1.84 bits per heavy atom. The molecule has 2 aromatic carbocycles. The van der Waals surface area contributed by atoms with Crippen molar-refractivity contribution in [3.05, 3.63) is 112 Å². The van der Waals surface area contributed by atoms with Gasteiger partial charge in [0.25, 0.3) is 0 Å². The second-order valence-corrected chi connectivity index (χ2v) is 10.4. The number of nitrogens with one attached hydrogen (secondary N) is 2. The fourth-order valence-corrected chi connectivity index (χ4v) is 5.77. The molecule has 0 unspecified atom stereocenters. The monoisotopic (exact) mass is 573 g/mol. The van der Waals surface area contributed by atoms with E-state index in [1.54, 1.807) is 6.20 Å². The van der Waals surface area contributed by atoms with Gasteiger partial charge in [0, 0.05) is 46.4 Å². The number of carbonyl (C=O) groups is 1. The number of halogens is 1. The molecule has 1 fully saturated rings. The highest BCUT2D eigenvalue weighted by Crippen LogP contribution is 2.41. The van der Waals surface area contributed by atoms with Crippen molar-refractivity contribution in [1.82, 2.24) is 19.8 Å². The summed E-state index contributed by atoms with van der Waals surface area (Å²) in [4.78, 5) is 19.6. The number of benzene rings is 2. The van der Waals surface area contributed by atoms with Crippen LogP contribution in [-0.4, -0.2) is 32.0 Å². The normalized spacial score (nSPS) is 17.1. The molecule has 5 rings (SSSR count). The first-order chi connectivity index (χ1) is 17.9. The Balaban J connectivity index is 1.48. The molecule has 4 aromatic rings.